The number of fused-ring (bicyclic) bond motifs is 7. The molecule has 1 aliphatic rings. The van der Waals surface area contributed by atoms with E-state index in [2.05, 4.69) is 254 Å². The zero-order chi connectivity index (χ0) is 50.9. The summed E-state index contributed by atoms with van der Waals surface area (Å²) < 4.78 is 15.5. The van der Waals surface area contributed by atoms with Crippen LogP contribution in [0.2, 0.25) is 0 Å². The van der Waals surface area contributed by atoms with E-state index in [9.17, 15) is 0 Å². The number of benzene rings is 10. The molecule has 3 aromatic heterocycles. The van der Waals surface area contributed by atoms with Gasteiger partial charge < -0.3 is 23.5 Å². The fourth-order valence-electron chi connectivity index (χ4n) is 11.1. The summed E-state index contributed by atoms with van der Waals surface area (Å²) in [6.45, 7) is 8.88. The first-order valence-electron chi connectivity index (χ1n) is 25.8. The van der Waals surface area contributed by atoms with Crippen molar-refractivity contribution in [2.24, 2.45) is 0 Å². The molecule has 0 spiro atoms. The van der Waals surface area contributed by atoms with Crippen LogP contribution < -0.4 is 14.5 Å². The zero-order valence-corrected chi connectivity index (χ0v) is 44.8. The largest absolute Gasteiger partial charge is 0.509 e. The predicted molar refractivity (Wildman–Crippen MR) is 312 cm³/mol. The summed E-state index contributed by atoms with van der Waals surface area (Å²) in [4.78, 5) is 9.54. The number of nitrogens with zero attached hydrogens (tertiary/aromatic N) is 4. The van der Waals surface area contributed by atoms with Gasteiger partial charge in [-0.2, -0.15) is 12.1 Å². The fraction of sp³-hybridized carbons (Fsp3) is 0.0571. The molecule has 0 saturated heterocycles. The van der Waals surface area contributed by atoms with E-state index in [1.165, 1.54) is 5.56 Å². The minimum Gasteiger partial charge on any atom is -0.509 e. The average molecular weight is 1170 g/mol. The van der Waals surface area contributed by atoms with E-state index in [1.807, 2.05) is 36.5 Å². The zero-order valence-electron chi connectivity index (χ0n) is 42.5. The van der Waals surface area contributed by atoms with E-state index in [-0.39, 0.29) is 26.5 Å². The van der Waals surface area contributed by atoms with Crippen LogP contribution in [0.25, 0.3) is 94.1 Å². The first-order valence-corrected chi connectivity index (χ1v) is 25.8. The van der Waals surface area contributed by atoms with E-state index >= 15 is 0 Å². The Morgan fingerprint density at radius 1 is 0.468 bits per heavy atom. The van der Waals surface area contributed by atoms with Crippen molar-refractivity contribution in [3.63, 3.8) is 0 Å². The molecule has 0 fully saturated rings. The Balaban J connectivity index is 0.00000566. The number of hydrogen-bond donors (Lipinski definition) is 0. The molecule has 0 unspecified atom stereocenters. The second kappa shape index (κ2) is 19.3. The number of aromatic nitrogens is 2. The second-order valence-corrected chi connectivity index (χ2v) is 20.4. The molecule has 0 aliphatic carbocycles. The molecular weight excluding hydrogens is 1120 g/mol. The van der Waals surface area contributed by atoms with Crippen LogP contribution in [-0.4, -0.2) is 9.55 Å². The van der Waals surface area contributed by atoms with E-state index in [0.29, 0.717) is 11.5 Å². The van der Waals surface area contributed by atoms with Crippen molar-refractivity contribution in [1.29, 1.82) is 0 Å². The number of ether oxygens (including phenoxy) is 1. The molecule has 0 amide bonds. The van der Waals surface area contributed by atoms with Crippen molar-refractivity contribution in [2.75, 3.05) is 9.80 Å². The summed E-state index contributed by atoms with van der Waals surface area (Å²) in [5, 5.41) is 4.27. The molecule has 4 heterocycles. The Morgan fingerprint density at radius 2 is 1.05 bits per heavy atom. The molecule has 0 atom stereocenters. The first-order chi connectivity index (χ1) is 37.3. The molecule has 0 radical (unpaired) electrons. The maximum atomic E-state index is 6.82. The minimum absolute atomic E-state index is 0. The Morgan fingerprint density at radius 3 is 1.74 bits per heavy atom. The van der Waals surface area contributed by atoms with Crippen molar-refractivity contribution < 1.29 is 30.2 Å². The summed E-state index contributed by atoms with van der Waals surface area (Å²) in [6, 6.07) is 88.6. The Kier molecular flexibility index (Phi) is 12.0. The van der Waals surface area contributed by atoms with Gasteiger partial charge in [-0.3, -0.25) is 0 Å². The van der Waals surface area contributed by atoms with Crippen molar-refractivity contribution >= 4 is 66.5 Å². The molecule has 0 N–H and O–H groups in total. The monoisotopic (exact) mass is 1170 g/mol. The Bertz CT molecular complexity index is 4260. The van der Waals surface area contributed by atoms with Gasteiger partial charge in [0.1, 0.15) is 17.0 Å². The van der Waals surface area contributed by atoms with Crippen LogP contribution in [0.15, 0.2) is 241 Å². The third-order valence-corrected chi connectivity index (χ3v) is 14.7. The van der Waals surface area contributed by atoms with Crippen LogP contribution in [0.4, 0.5) is 22.7 Å². The smallest absolute Gasteiger partial charge is 0.137 e. The molecular formula is C70H49N4O2Pt-3. The molecule has 7 heteroatoms. The van der Waals surface area contributed by atoms with Gasteiger partial charge in [0, 0.05) is 89.3 Å². The Hall–Kier alpha value is -8.96. The number of anilines is 4. The predicted octanol–water partition coefficient (Wildman–Crippen LogP) is 18.8. The summed E-state index contributed by atoms with van der Waals surface area (Å²) >= 11 is 0. The van der Waals surface area contributed by atoms with E-state index in [1.54, 1.807) is 0 Å². The minimum atomic E-state index is -0.0845. The fourth-order valence-corrected chi connectivity index (χ4v) is 11.1. The number of pyridine rings is 1. The van der Waals surface area contributed by atoms with Gasteiger partial charge in [0.2, 0.25) is 0 Å². The number of para-hydroxylation sites is 4. The number of rotatable bonds is 9. The van der Waals surface area contributed by atoms with Crippen LogP contribution in [-0.2, 0) is 26.5 Å². The van der Waals surface area contributed by atoms with Crippen LogP contribution in [0, 0.1) is 18.8 Å². The van der Waals surface area contributed by atoms with Crippen LogP contribution in [0.3, 0.4) is 0 Å². The van der Waals surface area contributed by atoms with Crippen LogP contribution >= 0.6 is 0 Å². The molecule has 374 valence electrons. The summed E-state index contributed by atoms with van der Waals surface area (Å²) in [6.07, 6.45) is 1.90. The van der Waals surface area contributed by atoms with Crippen molar-refractivity contribution in [3.05, 3.63) is 261 Å². The summed E-state index contributed by atoms with van der Waals surface area (Å²) in [5.41, 5.74) is 17.7. The standard InChI is InChI=1S/C70H49N4O2.Pt/c1-70(2,3)48-38-39-71-68(40-48)74-64-42-51(36-37-56(64)60-43-61-57-30-14-17-35-66(57)76-67(61)44-65(60)74)75-50-25-18-24-49(41-50)72-45-73(63-34-16-15-33-62(63)72)69-58(54-28-12-10-26-52(54)46-20-6-4-7-21-46)31-19-32-59(69)55-29-13-11-27-53(55)47-22-8-5-9-23-47;/h4-40,43-45H,1-3H3;/q-3;. The first kappa shape index (κ1) is 47.7. The molecule has 0 saturated carbocycles. The third kappa shape index (κ3) is 8.37. The van der Waals surface area contributed by atoms with Crippen molar-refractivity contribution in [1.82, 2.24) is 9.55 Å². The third-order valence-electron chi connectivity index (χ3n) is 14.7. The number of hydrogen-bond acceptors (Lipinski definition) is 5. The Labute approximate surface area is 462 Å². The topological polar surface area (TPSA) is 46.7 Å². The van der Waals surface area contributed by atoms with Gasteiger partial charge in [-0.15, -0.1) is 48.1 Å². The second-order valence-electron chi connectivity index (χ2n) is 20.4. The maximum Gasteiger partial charge on any atom is 0.137 e. The van der Waals surface area contributed by atoms with Crippen LogP contribution in [0.1, 0.15) is 26.3 Å². The van der Waals surface area contributed by atoms with E-state index in [4.69, 9.17) is 14.1 Å². The average Bonchev–Trinajstić information content (AvgIpc) is 4.33. The summed E-state index contributed by atoms with van der Waals surface area (Å²) in [7, 11) is 0. The van der Waals surface area contributed by atoms with Gasteiger partial charge in [0.05, 0.1) is 0 Å². The van der Waals surface area contributed by atoms with Gasteiger partial charge in [-0.1, -0.05) is 190 Å². The molecule has 77 heavy (non-hydrogen) atoms. The molecule has 14 rings (SSSR count). The summed E-state index contributed by atoms with van der Waals surface area (Å²) in [5.74, 6) is 1.92. The maximum absolute atomic E-state index is 6.82. The molecule has 0 bridgehead atoms. The van der Waals surface area contributed by atoms with Crippen LogP contribution in [0.5, 0.6) is 11.5 Å². The SMILES string of the molecule is CC(C)(C)c1ccnc(-n2c3[c-]c(Oc4[c-]c(N5[CH-]N(c6c(-c7ccccc7-c7ccccc7)cccc6-c6ccccc6-c6ccccc6)c6ccccc65)ccc4)ccc3c3cc4c(cc32)oc2ccccc24)c1.[Pt]. The normalized spacial score (nSPS) is 12.4. The van der Waals surface area contributed by atoms with Gasteiger partial charge in [-0.25, -0.2) is 4.98 Å². The number of furan rings is 1. The quantitative estimate of drug-likeness (QED) is 0.135. The molecule has 1 aliphatic heterocycles. The van der Waals surface area contributed by atoms with Gasteiger partial charge >= 0.3 is 0 Å². The van der Waals surface area contributed by atoms with Crippen molar-refractivity contribution in [3.8, 4) is 61.8 Å². The molecule has 6 nitrogen and oxygen atoms in total. The molecule has 13 aromatic rings. The van der Waals surface area contributed by atoms with E-state index < -0.39 is 0 Å². The van der Waals surface area contributed by atoms with Crippen molar-refractivity contribution in [2.45, 2.75) is 26.2 Å². The van der Waals surface area contributed by atoms with E-state index in [0.717, 1.165) is 117 Å². The van der Waals surface area contributed by atoms with Gasteiger partial charge in [-0.05, 0) is 80.1 Å². The van der Waals surface area contributed by atoms with Gasteiger partial charge in [0.25, 0.3) is 0 Å². The molecule has 10 aromatic carbocycles. The van der Waals surface area contributed by atoms with Gasteiger partial charge in [0.15, 0.2) is 0 Å².